The number of carbonyl (C=O) groups excluding carboxylic acids is 2. The maximum atomic E-state index is 12.6. The molecular formula is C22H25N5O4S. The van der Waals surface area contributed by atoms with Crippen molar-refractivity contribution in [3.8, 4) is 0 Å². The number of urea groups is 1. The molecule has 0 radical (unpaired) electrons. The highest BCUT2D eigenvalue weighted by atomic mass is 32.2. The molecule has 3 N–H and O–H groups in total. The maximum absolute atomic E-state index is 12.6. The Kier molecular flexibility index (Phi) is 6.13. The van der Waals surface area contributed by atoms with E-state index < -0.39 is 16.1 Å². The van der Waals surface area contributed by atoms with E-state index in [-0.39, 0.29) is 28.7 Å². The third kappa shape index (κ3) is 4.75. The zero-order valence-corrected chi connectivity index (χ0v) is 18.4. The van der Waals surface area contributed by atoms with Gasteiger partial charge in [0, 0.05) is 30.4 Å². The summed E-state index contributed by atoms with van der Waals surface area (Å²) >= 11 is 0. The molecule has 2 aromatic rings. The molecule has 0 saturated carbocycles. The lowest BCUT2D eigenvalue weighted by molar-refractivity contribution is -0.122. The molecule has 2 aromatic carbocycles. The van der Waals surface area contributed by atoms with Gasteiger partial charge in [-0.3, -0.25) is 14.5 Å². The van der Waals surface area contributed by atoms with E-state index in [1.54, 1.807) is 30.0 Å². The first-order chi connectivity index (χ1) is 15.3. The summed E-state index contributed by atoms with van der Waals surface area (Å²) in [5, 5.41) is 5.83. The summed E-state index contributed by atoms with van der Waals surface area (Å²) < 4.78 is 26.8. The van der Waals surface area contributed by atoms with Crippen molar-refractivity contribution < 1.29 is 18.0 Å². The van der Waals surface area contributed by atoms with Gasteiger partial charge in [-0.15, -0.1) is 0 Å². The summed E-state index contributed by atoms with van der Waals surface area (Å²) in [5.41, 5.74) is 1.20. The molecule has 3 amide bonds. The second kappa shape index (κ2) is 8.99. The number of para-hydroxylation sites is 1. The van der Waals surface area contributed by atoms with Crippen LogP contribution >= 0.6 is 0 Å². The molecule has 1 saturated heterocycles. The normalized spacial score (nSPS) is 19.7. The van der Waals surface area contributed by atoms with Crippen LogP contribution in [0, 0.1) is 0 Å². The van der Waals surface area contributed by atoms with E-state index in [0.717, 1.165) is 5.69 Å². The molecule has 0 spiro atoms. The van der Waals surface area contributed by atoms with Gasteiger partial charge in [-0.05, 0) is 44.0 Å². The van der Waals surface area contributed by atoms with Crippen molar-refractivity contribution in [2.24, 2.45) is 4.99 Å². The zero-order valence-electron chi connectivity index (χ0n) is 17.6. The number of likely N-dealkylation sites (tertiary alicyclic amines) is 1. The van der Waals surface area contributed by atoms with Crippen LogP contribution in [-0.2, 0) is 14.8 Å². The van der Waals surface area contributed by atoms with E-state index in [9.17, 15) is 18.0 Å². The molecule has 1 atom stereocenters. The largest absolute Gasteiger partial charge is 0.351 e. The second-order valence-electron chi connectivity index (χ2n) is 7.82. The molecule has 0 bridgehead atoms. The van der Waals surface area contributed by atoms with Gasteiger partial charge in [-0.1, -0.05) is 30.3 Å². The minimum Gasteiger partial charge on any atom is -0.351 e. The van der Waals surface area contributed by atoms with Crippen molar-refractivity contribution in [3.63, 3.8) is 0 Å². The fourth-order valence-electron chi connectivity index (χ4n) is 3.75. The van der Waals surface area contributed by atoms with Crippen LogP contribution in [0.2, 0.25) is 0 Å². The van der Waals surface area contributed by atoms with E-state index in [0.29, 0.717) is 31.5 Å². The highest BCUT2D eigenvalue weighted by molar-refractivity contribution is 7.90. The number of rotatable bonds is 4. The first-order valence-corrected chi connectivity index (χ1v) is 11.9. The summed E-state index contributed by atoms with van der Waals surface area (Å²) in [6.07, 6.45) is 1.26. The van der Waals surface area contributed by atoms with Gasteiger partial charge in [0.2, 0.25) is 5.91 Å². The highest BCUT2D eigenvalue weighted by Gasteiger charge is 2.31. The molecular weight excluding hydrogens is 430 g/mol. The molecule has 4 rings (SSSR count). The zero-order chi connectivity index (χ0) is 22.7. The van der Waals surface area contributed by atoms with E-state index >= 15 is 0 Å². The Morgan fingerprint density at radius 2 is 1.72 bits per heavy atom. The van der Waals surface area contributed by atoms with Crippen molar-refractivity contribution >= 4 is 33.5 Å². The number of amidine groups is 1. The molecule has 2 aliphatic rings. The number of benzene rings is 2. The second-order valence-corrected chi connectivity index (χ2v) is 9.47. The van der Waals surface area contributed by atoms with Crippen molar-refractivity contribution in [1.29, 1.82) is 0 Å². The first kappa shape index (κ1) is 21.8. The number of fused-ring (bicyclic) bond motifs is 1. The molecule has 168 valence electrons. The molecule has 2 aliphatic heterocycles. The Labute approximate surface area is 187 Å². The van der Waals surface area contributed by atoms with Crippen LogP contribution in [0.1, 0.15) is 25.3 Å². The van der Waals surface area contributed by atoms with Crippen LogP contribution in [0.25, 0.3) is 0 Å². The molecule has 32 heavy (non-hydrogen) atoms. The van der Waals surface area contributed by atoms with Crippen molar-refractivity contribution in [1.82, 2.24) is 14.9 Å². The first-order valence-electron chi connectivity index (χ1n) is 10.4. The minimum atomic E-state index is -3.65. The lowest BCUT2D eigenvalue weighted by atomic mass is 10.0. The van der Waals surface area contributed by atoms with Gasteiger partial charge in [0.15, 0.2) is 0 Å². The Bertz CT molecular complexity index is 1140. The molecule has 0 aliphatic carbocycles. The summed E-state index contributed by atoms with van der Waals surface area (Å²) in [4.78, 5) is 31.2. The molecule has 9 nitrogen and oxygen atoms in total. The van der Waals surface area contributed by atoms with Crippen LogP contribution in [-0.4, -0.2) is 56.3 Å². The summed E-state index contributed by atoms with van der Waals surface area (Å²) in [7, 11) is -3.65. The van der Waals surface area contributed by atoms with Crippen molar-refractivity contribution in [3.05, 3.63) is 60.2 Å². The Balaban J connectivity index is 1.31. The van der Waals surface area contributed by atoms with Crippen LogP contribution in [0.4, 0.5) is 10.5 Å². The van der Waals surface area contributed by atoms with E-state index in [1.807, 2.05) is 30.3 Å². The van der Waals surface area contributed by atoms with Crippen LogP contribution in [0.15, 0.2) is 64.5 Å². The number of anilines is 1. The van der Waals surface area contributed by atoms with E-state index in [4.69, 9.17) is 0 Å². The van der Waals surface area contributed by atoms with E-state index in [1.165, 1.54) is 6.07 Å². The smallest absolute Gasteiger partial charge is 0.321 e. The number of sulfonamides is 1. The topological polar surface area (TPSA) is 120 Å². The molecule has 1 fully saturated rings. The third-order valence-electron chi connectivity index (χ3n) is 5.52. The molecule has 0 aromatic heterocycles. The fraction of sp³-hybridized carbons (Fsp3) is 0.318. The third-order valence-corrected chi connectivity index (χ3v) is 6.92. The number of hydrogen-bond acceptors (Lipinski definition) is 5. The lowest BCUT2D eigenvalue weighted by Gasteiger charge is -2.32. The number of hydrogen-bond donors (Lipinski definition) is 3. The number of piperidine rings is 1. The number of aliphatic imine (C=N–C) groups is 1. The Morgan fingerprint density at radius 1 is 1.06 bits per heavy atom. The Hall–Kier alpha value is -3.40. The van der Waals surface area contributed by atoms with Gasteiger partial charge in [0.1, 0.15) is 11.9 Å². The predicted octanol–water partition coefficient (Wildman–Crippen LogP) is 1.93. The quantitative estimate of drug-likeness (QED) is 0.652. The van der Waals surface area contributed by atoms with Gasteiger partial charge in [0.05, 0.1) is 4.90 Å². The maximum Gasteiger partial charge on any atom is 0.321 e. The van der Waals surface area contributed by atoms with E-state index in [2.05, 4.69) is 20.3 Å². The van der Waals surface area contributed by atoms with Gasteiger partial charge < -0.3 is 15.5 Å². The van der Waals surface area contributed by atoms with Crippen molar-refractivity contribution in [2.45, 2.75) is 36.7 Å². The number of carbonyl (C=O) groups is 2. The average Bonchev–Trinajstić information content (AvgIpc) is 3.05. The van der Waals surface area contributed by atoms with Crippen LogP contribution in [0.3, 0.4) is 0 Å². The number of amides is 3. The monoisotopic (exact) mass is 455 g/mol. The SMILES string of the molecule is C[C@H](N=C1NS(=O)(=O)c2ccccc21)C(=O)NC1CCN(C(=O)Nc2ccccc2)CC1. The standard InChI is InChI=1S/C22H25N5O4S/c1-15(23-20-18-9-5-6-10-19(18)32(30,31)26-20)21(28)24-17-11-13-27(14-12-17)22(29)25-16-7-3-2-4-8-16/h2-10,15,17H,11-14H2,1H3,(H,23,26)(H,24,28)(H,25,29)/t15-/m0/s1. The summed E-state index contributed by atoms with van der Waals surface area (Å²) in [5.74, 6) is -0.107. The minimum absolute atomic E-state index is 0.0709. The highest BCUT2D eigenvalue weighted by Crippen LogP contribution is 2.22. The fourth-order valence-corrected chi connectivity index (χ4v) is 4.99. The van der Waals surface area contributed by atoms with Crippen LogP contribution < -0.4 is 15.4 Å². The molecule has 2 heterocycles. The van der Waals surface area contributed by atoms with Gasteiger partial charge in [0.25, 0.3) is 10.0 Å². The molecule has 0 unspecified atom stereocenters. The Morgan fingerprint density at radius 3 is 2.44 bits per heavy atom. The number of nitrogens with zero attached hydrogens (tertiary/aromatic N) is 2. The van der Waals surface area contributed by atoms with Gasteiger partial charge in [-0.25, -0.2) is 13.2 Å². The van der Waals surface area contributed by atoms with Crippen molar-refractivity contribution in [2.75, 3.05) is 18.4 Å². The summed E-state index contributed by atoms with van der Waals surface area (Å²) in [6.45, 7) is 2.68. The predicted molar refractivity (Wildman–Crippen MR) is 121 cm³/mol. The summed E-state index contributed by atoms with van der Waals surface area (Å²) in [6, 6.07) is 14.8. The lowest BCUT2D eigenvalue weighted by Crippen LogP contribution is -2.49. The van der Waals surface area contributed by atoms with Crippen LogP contribution in [0.5, 0.6) is 0 Å². The van der Waals surface area contributed by atoms with Gasteiger partial charge >= 0.3 is 6.03 Å². The molecule has 10 heteroatoms. The number of nitrogens with one attached hydrogen (secondary N) is 3. The average molecular weight is 456 g/mol. The van der Waals surface area contributed by atoms with Gasteiger partial charge in [-0.2, -0.15) is 0 Å².